The predicted molar refractivity (Wildman–Crippen MR) is 128 cm³/mol. The van der Waals surface area contributed by atoms with Gasteiger partial charge in [-0.3, -0.25) is 5.10 Å². The number of ether oxygens (including phenoxy) is 1. The molecule has 174 valence electrons. The summed E-state index contributed by atoms with van der Waals surface area (Å²) in [7, 11) is 0. The van der Waals surface area contributed by atoms with Crippen molar-refractivity contribution in [1.82, 2.24) is 29.8 Å². The monoisotopic (exact) mass is 455 g/mol. The fraction of sp³-hybridized carbons (Fsp3) is 0.462. The molecular formula is C26H29N7O. The van der Waals surface area contributed by atoms with Crippen molar-refractivity contribution in [1.29, 1.82) is 0 Å². The summed E-state index contributed by atoms with van der Waals surface area (Å²) < 4.78 is 8.26. The molecule has 8 heteroatoms. The Morgan fingerprint density at radius 2 is 2.00 bits per heavy atom. The predicted octanol–water partition coefficient (Wildman–Crippen LogP) is 3.66. The first-order valence-corrected chi connectivity index (χ1v) is 12.2. The van der Waals surface area contributed by atoms with Crippen molar-refractivity contribution in [3.05, 3.63) is 71.2 Å². The SMILES string of the molecule is Cc1nc(C2C3COC2(c2nc4c(C)cc(N5CC[C@](C)(c6ccccc6)C5)cn4n2)C3)n[nH]1. The third kappa shape index (κ3) is 2.75. The number of hydrogen-bond donors (Lipinski definition) is 1. The number of nitrogens with zero attached hydrogens (tertiary/aromatic N) is 6. The van der Waals surface area contributed by atoms with E-state index in [1.54, 1.807) is 0 Å². The molecule has 6 heterocycles. The van der Waals surface area contributed by atoms with Crippen molar-refractivity contribution in [2.45, 2.75) is 50.5 Å². The molecule has 4 atom stereocenters. The molecule has 2 bridgehead atoms. The summed E-state index contributed by atoms with van der Waals surface area (Å²) >= 11 is 0. The Labute approximate surface area is 198 Å². The van der Waals surface area contributed by atoms with Gasteiger partial charge in [-0.2, -0.15) is 5.10 Å². The van der Waals surface area contributed by atoms with Crippen molar-refractivity contribution >= 4 is 11.3 Å². The molecule has 34 heavy (non-hydrogen) atoms. The van der Waals surface area contributed by atoms with Gasteiger partial charge < -0.3 is 9.64 Å². The Morgan fingerprint density at radius 1 is 1.15 bits per heavy atom. The summed E-state index contributed by atoms with van der Waals surface area (Å²) in [6.45, 7) is 9.15. The maximum atomic E-state index is 6.31. The van der Waals surface area contributed by atoms with Gasteiger partial charge in [0.15, 0.2) is 17.3 Å². The van der Waals surface area contributed by atoms with Crippen LogP contribution in [0.2, 0.25) is 0 Å². The minimum absolute atomic E-state index is 0.111. The fourth-order valence-corrected chi connectivity index (χ4v) is 6.37. The molecule has 4 aromatic rings. The fourth-order valence-electron chi connectivity index (χ4n) is 6.37. The number of hydrogen-bond acceptors (Lipinski definition) is 6. The Bertz CT molecular complexity index is 1390. The number of benzene rings is 1. The number of anilines is 1. The van der Waals surface area contributed by atoms with Crippen molar-refractivity contribution in [2.24, 2.45) is 5.92 Å². The highest BCUT2D eigenvalue weighted by molar-refractivity contribution is 5.58. The highest BCUT2D eigenvalue weighted by Crippen LogP contribution is 2.63. The molecule has 8 rings (SSSR count). The lowest BCUT2D eigenvalue weighted by Crippen LogP contribution is -2.44. The molecule has 3 unspecified atom stereocenters. The molecule has 3 aromatic heterocycles. The van der Waals surface area contributed by atoms with Crippen LogP contribution in [0.1, 0.15) is 54.3 Å². The van der Waals surface area contributed by atoms with Crippen molar-refractivity contribution in [3.8, 4) is 0 Å². The zero-order valence-corrected chi connectivity index (χ0v) is 19.8. The first-order chi connectivity index (χ1) is 16.5. The summed E-state index contributed by atoms with van der Waals surface area (Å²) in [6, 6.07) is 13.1. The molecule has 3 saturated heterocycles. The van der Waals surface area contributed by atoms with E-state index in [1.807, 2.05) is 11.4 Å². The second kappa shape index (κ2) is 6.88. The first-order valence-electron chi connectivity index (χ1n) is 12.2. The molecule has 0 radical (unpaired) electrons. The second-order valence-corrected chi connectivity index (χ2v) is 10.6. The van der Waals surface area contributed by atoms with Crippen molar-refractivity contribution in [3.63, 3.8) is 0 Å². The lowest BCUT2D eigenvalue weighted by molar-refractivity contribution is -0.0344. The Hall–Kier alpha value is -3.26. The molecule has 1 aromatic carbocycles. The van der Waals surface area contributed by atoms with Crippen LogP contribution in [0.4, 0.5) is 5.69 Å². The van der Waals surface area contributed by atoms with Crippen molar-refractivity contribution < 1.29 is 4.74 Å². The molecule has 0 amide bonds. The normalized spacial score (nSPS) is 30.3. The van der Waals surface area contributed by atoms with Crippen LogP contribution in [-0.4, -0.2) is 49.5 Å². The van der Waals surface area contributed by atoms with E-state index in [-0.39, 0.29) is 11.3 Å². The average molecular weight is 456 g/mol. The van der Waals surface area contributed by atoms with Gasteiger partial charge in [0.05, 0.1) is 24.4 Å². The van der Waals surface area contributed by atoms with E-state index < -0.39 is 5.60 Å². The number of nitrogens with one attached hydrogen (secondary N) is 1. The summed E-state index contributed by atoms with van der Waals surface area (Å²) in [4.78, 5) is 12.1. The third-order valence-corrected chi connectivity index (χ3v) is 8.28. The molecule has 4 aliphatic rings. The van der Waals surface area contributed by atoms with Crippen LogP contribution in [0.15, 0.2) is 42.6 Å². The zero-order valence-electron chi connectivity index (χ0n) is 19.8. The minimum Gasteiger partial charge on any atom is -0.369 e. The molecule has 1 saturated carbocycles. The quantitative estimate of drug-likeness (QED) is 0.506. The minimum atomic E-state index is -0.516. The van der Waals surface area contributed by atoms with Crippen LogP contribution in [0.3, 0.4) is 0 Å². The largest absolute Gasteiger partial charge is 0.369 e. The van der Waals surface area contributed by atoms with Gasteiger partial charge in [0, 0.05) is 18.5 Å². The first kappa shape index (κ1) is 20.1. The molecule has 1 N–H and O–H groups in total. The Kier molecular flexibility index (Phi) is 4.08. The van der Waals surface area contributed by atoms with Gasteiger partial charge in [0.2, 0.25) is 0 Å². The van der Waals surface area contributed by atoms with E-state index in [2.05, 4.69) is 76.5 Å². The lowest BCUT2D eigenvalue weighted by atomic mass is 9.63. The van der Waals surface area contributed by atoms with Gasteiger partial charge in [0.1, 0.15) is 11.4 Å². The molecule has 4 fully saturated rings. The standard InChI is InChI=1S/C26H29N7O/c1-16-11-20(32-10-9-25(3,15-32)19-7-5-4-6-8-19)13-33-23(16)28-24(31-33)26-12-18(14-34-26)21(26)22-27-17(2)29-30-22/h4-8,11,13,18,21H,9-10,12,14-15H2,1-3H3,(H,27,29,30)/t18?,21?,25-,26?/m0/s1. The summed E-state index contributed by atoms with van der Waals surface area (Å²) in [6.07, 6.45) is 4.19. The topological polar surface area (TPSA) is 84.2 Å². The van der Waals surface area contributed by atoms with Gasteiger partial charge in [-0.1, -0.05) is 37.3 Å². The summed E-state index contributed by atoms with van der Waals surface area (Å²) in [5.74, 6) is 2.94. The van der Waals surface area contributed by atoms with Crippen molar-refractivity contribution in [2.75, 3.05) is 24.6 Å². The maximum Gasteiger partial charge on any atom is 0.184 e. The second-order valence-electron chi connectivity index (χ2n) is 10.6. The van der Waals surface area contributed by atoms with Gasteiger partial charge in [-0.25, -0.2) is 14.5 Å². The van der Waals surface area contributed by atoms with E-state index in [0.29, 0.717) is 12.5 Å². The van der Waals surface area contributed by atoms with Crippen LogP contribution in [0, 0.1) is 19.8 Å². The van der Waals surface area contributed by atoms with Gasteiger partial charge in [-0.15, -0.1) is 5.10 Å². The van der Waals surface area contributed by atoms with Crippen LogP contribution >= 0.6 is 0 Å². The average Bonchev–Trinajstić information content (AvgIpc) is 3.62. The molecule has 0 spiro atoms. The van der Waals surface area contributed by atoms with E-state index in [9.17, 15) is 0 Å². The Balaban J connectivity index is 1.22. The number of aromatic amines is 1. The molecular weight excluding hydrogens is 426 g/mol. The van der Waals surface area contributed by atoms with Gasteiger partial charge >= 0.3 is 0 Å². The van der Waals surface area contributed by atoms with Gasteiger partial charge in [-0.05, 0) is 49.8 Å². The number of rotatable bonds is 4. The van der Waals surface area contributed by atoms with Crippen LogP contribution in [0.5, 0.6) is 0 Å². The van der Waals surface area contributed by atoms with Crippen LogP contribution < -0.4 is 4.90 Å². The van der Waals surface area contributed by atoms with E-state index in [4.69, 9.17) is 14.8 Å². The van der Waals surface area contributed by atoms with E-state index in [1.165, 1.54) is 11.3 Å². The summed E-state index contributed by atoms with van der Waals surface area (Å²) in [5, 5.41) is 12.4. The number of pyridine rings is 1. The number of fused-ring (bicyclic) bond motifs is 2. The van der Waals surface area contributed by atoms with Gasteiger partial charge in [0.25, 0.3) is 0 Å². The molecule has 8 nitrogen and oxygen atoms in total. The number of H-pyrrole nitrogens is 1. The van der Waals surface area contributed by atoms with Crippen LogP contribution in [-0.2, 0) is 15.8 Å². The van der Waals surface area contributed by atoms with Crippen LogP contribution in [0.25, 0.3) is 5.65 Å². The van der Waals surface area contributed by atoms with E-state index >= 15 is 0 Å². The number of aryl methyl sites for hydroxylation is 2. The number of aromatic nitrogens is 6. The highest BCUT2D eigenvalue weighted by atomic mass is 16.5. The zero-order chi connectivity index (χ0) is 23.1. The highest BCUT2D eigenvalue weighted by Gasteiger charge is 2.66. The molecule has 1 aliphatic carbocycles. The lowest BCUT2D eigenvalue weighted by Gasteiger charge is -2.41. The molecule has 3 aliphatic heterocycles. The summed E-state index contributed by atoms with van der Waals surface area (Å²) in [5.41, 5.74) is 4.25. The Morgan fingerprint density at radius 3 is 2.76 bits per heavy atom. The smallest absolute Gasteiger partial charge is 0.184 e. The maximum absolute atomic E-state index is 6.31. The van der Waals surface area contributed by atoms with E-state index in [0.717, 1.165) is 54.6 Å². The third-order valence-electron chi connectivity index (χ3n) is 8.28.